The summed E-state index contributed by atoms with van der Waals surface area (Å²) in [5.41, 5.74) is 2.12. The van der Waals surface area contributed by atoms with Gasteiger partial charge in [0.05, 0.1) is 24.6 Å². The second-order valence-electron chi connectivity index (χ2n) is 11.0. The van der Waals surface area contributed by atoms with Crippen molar-refractivity contribution < 1.29 is 23.9 Å². The minimum atomic E-state index is -1.46. The van der Waals surface area contributed by atoms with Crippen LogP contribution in [-0.2, 0) is 10.2 Å². The van der Waals surface area contributed by atoms with Crippen LogP contribution in [0.3, 0.4) is 0 Å². The number of ether oxygens (including phenoxy) is 2. The average Bonchev–Trinajstić information content (AvgIpc) is 3.55. The van der Waals surface area contributed by atoms with Crippen LogP contribution in [0, 0.1) is 17.2 Å². The van der Waals surface area contributed by atoms with Crippen molar-refractivity contribution in [3.8, 4) is 17.6 Å². The van der Waals surface area contributed by atoms with Crippen molar-refractivity contribution in [3.05, 3.63) is 131 Å². The van der Waals surface area contributed by atoms with Crippen molar-refractivity contribution in [1.29, 1.82) is 5.26 Å². The molecule has 1 spiro atoms. The average molecular weight is 582 g/mol. The number of methoxy groups -OCH3 is 1. The summed E-state index contributed by atoms with van der Waals surface area (Å²) in [4.78, 5) is 46.3. The lowest BCUT2D eigenvalue weighted by atomic mass is 9.62. The normalized spacial score (nSPS) is 22.4. The van der Waals surface area contributed by atoms with Crippen molar-refractivity contribution in [1.82, 2.24) is 4.90 Å². The lowest BCUT2D eigenvalue weighted by molar-refractivity contribution is -0.122. The molecule has 0 aromatic heterocycles. The van der Waals surface area contributed by atoms with Crippen LogP contribution in [0.25, 0.3) is 6.08 Å². The fourth-order valence-electron chi connectivity index (χ4n) is 7.19. The molecule has 8 nitrogen and oxygen atoms in total. The fourth-order valence-corrected chi connectivity index (χ4v) is 7.19. The van der Waals surface area contributed by atoms with Gasteiger partial charge in [-0.05, 0) is 53.1 Å². The predicted molar refractivity (Wildman–Crippen MR) is 163 cm³/mol. The third-order valence-electron chi connectivity index (χ3n) is 8.92. The number of hydrogen-bond acceptors (Lipinski definition) is 7. The topological polar surface area (TPSA) is 109 Å². The Hall–Kier alpha value is -5.68. The summed E-state index contributed by atoms with van der Waals surface area (Å²) < 4.78 is 11.1. The molecular weight excluding hydrogens is 554 g/mol. The van der Waals surface area contributed by atoms with E-state index >= 15 is 0 Å². The lowest BCUT2D eigenvalue weighted by Crippen LogP contribution is -2.49. The SMILES string of the molecule is COc1cccc(C(=O)[C@H]2[C@@H](C(=O)c3ccccc3OCC#N)N3C=Cc4ccccc4[C@@H]3[C@]23C(=O)Nc2ccccc23)c1. The van der Waals surface area contributed by atoms with E-state index in [1.165, 1.54) is 7.11 Å². The third-order valence-corrected chi connectivity index (χ3v) is 8.92. The second-order valence-corrected chi connectivity index (χ2v) is 11.0. The Kier molecular flexibility index (Phi) is 6.51. The van der Waals surface area contributed by atoms with Crippen molar-refractivity contribution in [3.63, 3.8) is 0 Å². The number of rotatable bonds is 7. The molecule has 0 radical (unpaired) electrons. The largest absolute Gasteiger partial charge is 0.497 e. The van der Waals surface area contributed by atoms with Gasteiger partial charge in [-0.1, -0.05) is 66.7 Å². The van der Waals surface area contributed by atoms with Crippen LogP contribution < -0.4 is 14.8 Å². The van der Waals surface area contributed by atoms with Gasteiger partial charge in [-0.3, -0.25) is 14.4 Å². The standard InChI is InChI=1S/C36H27N3O5/c1-43-24-11-8-10-23(21-24)32(40)30-31(33(41)26-13-4-7-16-29(26)44-20-18-37)39-19-17-22-9-2-3-12-25(22)34(39)36(30)27-14-5-6-15-28(27)38-35(36)42/h2-17,19,21,30-31,34H,20H2,1H3,(H,38,42)/t30-,31+,34-,36-/m1/s1. The van der Waals surface area contributed by atoms with E-state index in [2.05, 4.69) is 5.32 Å². The van der Waals surface area contributed by atoms with Gasteiger partial charge in [0.2, 0.25) is 5.91 Å². The molecule has 0 saturated carbocycles. The Bertz CT molecular complexity index is 1910. The molecule has 3 aliphatic rings. The molecule has 1 fully saturated rings. The van der Waals surface area contributed by atoms with E-state index in [1.807, 2.05) is 71.8 Å². The van der Waals surface area contributed by atoms with Crippen LogP contribution in [-0.4, -0.2) is 42.1 Å². The molecule has 4 atom stereocenters. The van der Waals surface area contributed by atoms with E-state index in [-0.39, 0.29) is 35.4 Å². The molecule has 1 saturated heterocycles. The maximum atomic E-state index is 15.0. The maximum absolute atomic E-state index is 15.0. The van der Waals surface area contributed by atoms with Crippen LogP contribution in [0.2, 0.25) is 0 Å². The van der Waals surface area contributed by atoms with Gasteiger partial charge in [0.25, 0.3) is 0 Å². The fraction of sp³-hybridized carbons (Fsp3) is 0.167. The Morgan fingerprint density at radius 3 is 2.57 bits per heavy atom. The van der Waals surface area contributed by atoms with E-state index in [0.29, 0.717) is 22.6 Å². The first-order chi connectivity index (χ1) is 21.5. The third kappa shape index (κ3) is 3.86. The quantitative estimate of drug-likeness (QED) is 0.284. The molecule has 4 aromatic rings. The van der Waals surface area contributed by atoms with E-state index in [9.17, 15) is 19.6 Å². The maximum Gasteiger partial charge on any atom is 0.238 e. The van der Waals surface area contributed by atoms with Crippen molar-refractivity contribution >= 4 is 29.2 Å². The molecule has 7 rings (SSSR count). The smallest absolute Gasteiger partial charge is 0.238 e. The number of ketones is 2. The van der Waals surface area contributed by atoms with Crippen LogP contribution in [0.15, 0.2) is 103 Å². The number of carbonyl (C=O) groups is 3. The molecule has 44 heavy (non-hydrogen) atoms. The molecule has 3 heterocycles. The minimum Gasteiger partial charge on any atom is -0.497 e. The molecule has 0 aliphatic carbocycles. The zero-order valence-corrected chi connectivity index (χ0v) is 23.8. The number of hydrogen-bond donors (Lipinski definition) is 1. The second kappa shape index (κ2) is 10.5. The van der Waals surface area contributed by atoms with Gasteiger partial charge in [0, 0.05) is 17.5 Å². The van der Waals surface area contributed by atoms with Gasteiger partial charge < -0.3 is 19.7 Å². The highest BCUT2D eigenvalue weighted by atomic mass is 16.5. The monoisotopic (exact) mass is 581 g/mol. The molecule has 1 N–H and O–H groups in total. The minimum absolute atomic E-state index is 0.228. The molecule has 8 heteroatoms. The Morgan fingerprint density at radius 2 is 1.73 bits per heavy atom. The summed E-state index contributed by atoms with van der Waals surface area (Å²) in [6.45, 7) is -0.250. The summed E-state index contributed by atoms with van der Waals surface area (Å²) in [5.74, 6) is -1.50. The summed E-state index contributed by atoms with van der Waals surface area (Å²) >= 11 is 0. The molecule has 4 aromatic carbocycles. The van der Waals surface area contributed by atoms with Gasteiger partial charge >= 0.3 is 0 Å². The molecule has 216 valence electrons. The highest BCUT2D eigenvalue weighted by Crippen LogP contribution is 2.62. The molecule has 3 aliphatic heterocycles. The molecule has 0 bridgehead atoms. The number of para-hydroxylation sites is 2. The Balaban J connectivity index is 1.52. The predicted octanol–water partition coefficient (Wildman–Crippen LogP) is 5.58. The number of amides is 1. The van der Waals surface area contributed by atoms with Crippen LogP contribution in [0.1, 0.15) is 43.4 Å². The van der Waals surface area contributed by atoms with E-state index in [4.69, 9.17) is 9.47 Å². The van der Waals surface area contributed by atoms with E-state index < -0.39 is 23.4 Å². The zero-order chi connectivity index (χ0) is 30.4. The summed E-state index contributed by atoms with van der Waals surface area (Å²) in [5, 5.41) is 12.2. The number of benzene rings is 4. The summed E-state index contributed by atoms with van der Waals surface area (Å²) in [6.07, 6.45) is 3.73. The van der Waals surface area contributed by atoms with Gasteiger partial charge in [0.1, 0.15) is 29.0 Å². The van der Waals surface area contributed by atoms with Crippen LogP contribution in [0.4, 0.5) is 5.69 Å². The first-order valence-corrected chi connectivity index (χ1v) is 14.3. The van der Waals surface area contributed by atoms with E-state index in [1.54, 1.807) is 48.5 Å². The van der Waals surface area contributed by atoms with Crippen LogP contribution in [0.5, 0.6) is 11.5 Å². The first kappa shape index (κ1) is 27.2. The molecular formula is C36H27N3O5. The highest BCUT2D eigenvalue weighted by molar-refractivity contribution is 6.17. The zero-order valence-electron chi connectivity index (χ0n) is 23.8. The van der Waals surface area contributed by atoms with Gasteiger partial charge in [-0.2, -0.15) is 5.26 Å². The van der Waals surface area contributed by atoms with Crippen molar-refractivity contribution in [2.45, 2.75) is 17.5 Å². The highest BCUT2D eigenvalue weighted by Gasteiger charge is 2.70. The van der Waals surface area contributed by atoms with Gasteiger partial charge in [-0.15, -0.1) is 0 Å². The number of carbonyl (C=O) groups excluding carboxylic acids is 3. The van der Waals surface area contributed by atoms with Gasteiger partial charge in [0.15, 0.2) is 18.2 Å². The first-order valence-electron chi connectivity index (χ1n) is 14.3. The van der Waals surface area contributed by atoms with Crippen molar-refractivity contribution in [2.24, 2.45) is 5.92 Å². The Labute approximate surface area is 254 Å². The van der Waals surface area contributed by atoms with Gasteiger partial charge in [-0.25, -0.2) is 0 Å². The Morgan fingerprint density at radius 1 is 0.955 bits per heavy atom. The number of Topliss-reactive ketones (excluding diaryl/α,β-unsaturated/α-hetero) is 2. The van der Waals surface area contributed by atoms with Crippen molar-refractivity contribution in [2.75, 3.05) is 19.0 Å². The lowest BCUT2D eigenvalue weighted by Gasteiger charge is -2.38. The number of nitriles is 1. The van der Waals surface area contributed by atoms with E-state index in [0.717, 1.165) is 11.1 Å². The number of fused-ring (bicyclic) bond motifs is 6. The number of anilines is 1. The summed E-state index contributed by atoms with van der Waals surface area (Å²) in [6, 6.07) is 28.8. The number of nitrogens with one attached hydrogen (secondary N) is 1. The summed E-state index contributed by atoms with van der Waals surface area (Å²) in [7, 11) is 1.52. The molecule has 1 amide bonds. The number of nitrogens with zero attached hydrogens (tertiary/aromatic N) is 2. The van der Waals surface area contributed by atoms with Crippen LogP contribution >= 0.6 is 0 Å². The molecule has 0 unspecified atom stereocenters.